The Kier molecular flexibility index (Phi) is 24.4. The Bertz CT molecular complexity index is 2960. The van der Waals surface area contributed by atoms with Gasteiger partial charge in [-0.15, -0.1) is 0 Å². The molecular weight excluding hydrogens is 1150 g/mol. The van der Waals surface area contributed by atoms with Gasteiger partial charge in [-0.2, -0.15) is 0 Å². The van der Waals surface area contributed by atoms with Crippen molar-refractivity contribution in [1.82, 2.24) is 40.4 Å². The van der Waals surface area contributed by atoms with E-state index in [4.69, 9.17) is 0 Å². The van der Waals surface area contributed by atoms with E-state index in [-0.39, 0.29) is 75.1 Å². The second-order valence-electron chi connectivity index (χ2n) is 31.9. The van der Waals surface area contributed by atoms with E-state index >= 15 is 0 Å². The molecule has 4 atom stereocenters. The first-order valence-electron chi connectivity index (χ1n) is 36.5. The number of piperidine rings is 4. The smallest absolute Gasteiger partial charge is 0.243 e. The van der Waals surface area contributed by atoms with Gasteiger partial charge in [0.2, 0.25) is 29.5 Å². The summed E-state index contributed by atoms with van der Waals surface area (Å²) in [5.74, 6) is 0.732. The summed E-state index contributed by atoms with van der Waals surface area (Å²) in [5.41, 5.74) is 9.04. The zero-order valence-corrected chi connectivity index (χ0v) is 58.6. The molecule has 11 rings (SSSR count). The zero-order chi connectivity index (χ0) is 65.8. The van der Waals surface area contributed by atoms with Crippen LogP contribution in [0.5, 0.6) is 0 Å². The lowest BCUT2D eigenvalue weighted by Gasteiger charge is -2.48. The maximum absolute atomic E-state index is 14.4. The number of hydrogen-bond donors (Lipinski definition) is 3. The average Bonchev–Trinajstić information content (AvgIpc) is 0.853. The van der Waals surface area contributed by atoms with Crippen molar-refractivity contribution >= 4 is 29.5 Å². The number of amides is 5. The number of carbonyl (C=O) groups is 5. The topological polar surface area (TPSA) is 138 Å². The van der Waals surface area contributed by atoms with Gasteiger partial charge in [-0.25, -0.2) is 4.39 Å². The second-order valence-corrected chi connectivity index (χ2v) is 31.9. The molecule has 5 saturated heterocycles. The molecule has 5 fully saturated rings. The number of rotatable bonds is 14. The van der Waals surface area contributed by atoms with Gasteiger partial charge in [0.1, 0.15) is 11.9 Å². The van der Waals surface area contributed by atoms with Crippen LogP contribution < -0.4 is 16.0 Å². The van der Waals surface area contributed by atoms with Crippen molar-refractivity contribution in [3.8, 4) is 0 Å². The molecule has 13 nitrogen and oxygen atoms in total. The Labute approximate surface area is 558 Å². The third kappa shape index (κ3) is 18.2. The van der Waals surface area contributed by atoms with Gasteiger partial charge in [-0.1, -0.05) is 129 Å². The Morgan fingerprint density at radius 3 is 1.54 bits per heavy atom. The molecule has 3 aromatic rings. The van der Waals surface area contributed by atoms with E-state index in [1.165, 1.54) is 125 Å². The van der Waals surface area contributed by atoms with Crippen molar-refractivity contribution in [1.29, 1.82) is 0 Å². The minimum Gasteiger partial charge on any atom is -0.350 e. The van der Waals surface area contributed by atoms with Crippen LogP contribution in [-0.4, -0.2) is 139 Å². The third-order valence-electron chi connectivity index (χ3n) is 23.2. The average molecular weight is 1270 g/mol. The molecule has 14 heteroatoms. The second kappa shape index (κ2) is 31.6. The highest BCUT2D eigenvalue weighted by Crippen LogP contribution is 2.51. The zero-order valence-electron chi connectivity index (χ0n) is 58.6. The number of benzene rings is 3. The summed E-state index contributed by atoms with van der Waals surface area (Å²) in [4.78, 5) is 73.4. The fourth-order valence-corrected chi connectivity index (χ4v) is 17.2. The molecule has 0 saturated carbocycles. The van der Waals surface area contributed by atoms with Gasteiger partial charge in [0.25, 0.3) is 0 Å². The summed E-state index contributed by atoms with van der Waals surface area (Å²) < 4.78 is 14.4. The molecular formula is C78H125FN8O5. The van der Waals surface area contributed by atoms with Crippen molar-refractivity contribution in [2.45, 2.75) is 257 Å². The third-order valence-corrected chi connectivity index (χ3v) is 23.2. The minimum atomic E-state index is -0.392. The molecule has 0 bridgehead atoms. The summed E-state index contributed by atoms with van der Waals surface area (Å²) in [7, 11) is 0. The lowest BCUT2D eigenvalue weighted by atomic mass is 9.63. The Morgan fingerprint density at radius 2 is 1.03 bits per heavy atom. The monoisotopic (exact) mass is 1270 g/mol. The molecule has 3 N–H and O–H groups in total. The van der Waals surface area contributed by atoms with E-state index in [0.717, 1.165) is 114 Å². The fraction of sp³-hybridized carbons (Fsp3) is 0.705. The van der Waals surface area contributed by atoms with Crippen molar-refractivity contribution in [2.24, 2.45) is 16.7 Å². The molecule has 5 amide bonds. The van der Waals surface area contributed by atoms with E-state index in [2.05, 4.69) is 135 Å². The van der Waals surface area contributed by atoms with Crippen LogP contribution in [0.15, 0.2) is 66.7 Å². The molecule has 0 unspecified atom stereocenters. The largest absolute Gasteiger partial charge is 0.350 e. The molecule has 8 aliphatic rings. The summed E-state index contributed by atoms with van der Waals surface area (Å²) in [6.45, 7) is 33.6. The first kappa shape index (κ1) is 71.1. The number of likely N-dealkylation sites (tertiary alicyclic amines) is 5. The number of halogens is 1. The predicted octanol–water partition coefficient (Wildman–Crippen LogP) is 14.9. The van der Waals surface area contributed by atoms with Crippen LogP contribution in [0.3, 0.4) is 0 Å². The lowest BCUT2D eigenvalue weighted by molar-refractivity contribution is -0.141. The number of fused-ring (bicyclic) bond motifs is 6. The van der Waals surface area contributed by atoms with Gasteiger partial charge in [0, 0.05) is 44.2 Å². The quantitative estimate of drug-likeness (QED) is 0.145. The molecule has 0 aromatic heterocycles. The number of nitrogens with zero attached hydrogens (tertiary/aromatic N) is 5. The van der Waals surface area contributed by atoms with E-state index in [1.54, 1.807) is 29.7 Å². The van der Waals surface area contributed by atoms with E-state index in [1.807, 2.05) is 6.07 Å². The highest BCUT2D eigenvalue weighted by Gasteiger charge is 2.46. The van der Waals surface area contributed by atoms with E-state index in [0.29, 0.717) is 42.2 Å². The fourth-order valence-electron chi connectivity index (χ4n) is 17.2. The van der Waals surface area contributed by atoms with Crippen LogP contribution in [0.2, 0.25) is 0 Å². The van der Waals surface area contributed by atoms with Gasteiger partial charge in [-0.05, 0) is 253 Å². The SMILES string of the molecule is CC(=O)N1CCCC[C@H]1C(=O)N[C@@H]1CCC2(CCN(CCC(C)(C)C)CC2)c2cc(F)ccc21.CC(C)(C)CCN1CCC2(CC[C@H](NC(=O)CN3CCCCCC3=O)c3ccccc32)CC1.CCC(CC)CN1CCC2(CC[C@H](NC(C)=O)c3ccccc32)CC1.[HH].[HH].[HH]. The van der Waals surface area contributed by atoms with E-state index in [9.17, 15) is 28.4 Å². The van der Waals surface area contributed by atoms with Crippen molar-refractivity contribution in [3.05, 3.63) is 106 Å². The van der Waals surface area contributed by atoms with Crippen LogP contribution in [0.4, 0.5) is 4.39 Å². The molecule has 3 aliphatic carbocycles. The number of carbonyl (C=O) groups excluding carboxylic acids is 5. The van der Waals surface area contributed by atoms with Gasteiger partial charge in [0.05, 0.1) is 24.7 Å². The van der Waals surface area contributed by atoms with Gasteiger partial charge in [-0.3, -0.25) is 24.0 Å². The van der Waals surface area contributed by atoms with Crippen molar-refractivity contribution in [3.63, 3.8) is 0 Å². The Balaban J connectivity index is 0.000000225. The highest BCUT2D eigenvalue weighted by molar-refractivity contribution is 5.87. The molecule has 3 spiro atoms. The van der Waals surface area contributed by atoms with Crippen LogP contribution in [0, 0.1) is 22.6 Å². The Hall–Kier alpha value is -5.18. The molecule has 5 aliphatic heterocycles. The maximum Gasteiger partial charge on any atom is 0.243 e. The van der Waals surface area contributed by atoms with Crippen molar-refractivity contribution in [2.75, 3.05) is 78.5 Å². The van der Waals surface area contributed by atoms with Gasteiger partial charge in [0.15, 0.2) is 0 Å². The molecule has 5 heterocycles. The first-order valence-corrected chi connectivity index (χ1v) is 36.5. The summed E-state index contributed by atoms with van der Waals surface area (Å²) in [5, 5.41) is 9.70. The van der Waals surface area contributed by atoms with Crippen LogP contribution >= 0.6 is 0 Å². The summed E-state index contributed by atoms with van der Waals surface area (Å²) in [6, 6.07) is 22.5. The summed E-state index contributed by atoms with van der Waals surface area (Å²) in [6.07, 6.45) is 24.4. The first-order chi connectivity index (χ1) is 43.9. The molecule has 514 valence electrons. The van der Waals surface area contributed by atoms with Gasteiger partial charge < -0.3 is 40.4 Å². The molecule has 92 heavy (non-hydrogen) atoms. The van der Waals surface area contributed by atoms with Crippen LogP contribution in [0.25, 0.3) is 0 Å². The summed E-state index contributed by atoms with van der Waals surface area (Å²) >= 11 is 0. The van der Waals surface area contributed by atoms with Crippen LogP contribution in [-0.2, 0) is 40.2 Å². The normalized spacial score (nSPS) is 24.0. The van der Waals surface area contributed by atoms with E-state index < -0.39 is 6.04 Å². The maximum atomic E-state index is 14.4. The number of nitrogens with one attached hydrogen (secondary N) is 3. The van der Waals surface area contributed by atoms with Crippen molar-refractivity contribution < 1.29 is 32.6 Å². The Morgan fingerprint density at radius 1 is 0.554 bits per heavy atom. The van der Waals surface area contributed by atoms with Crippen LogP contribution in [0.1, 0.15) is 273 Å². The van der Waals surface area contributed by atoms with Gasteiger partial charge >= 0.3 is 0 Å². The standard InChI is InChI=1S/C28H42FN3O2.C28H43N3O2.C22H34N2O.3H2/c1-20(33)32-15-6-5-7-25(32)26(34)30-24-10-11-28(23-19-21(29)8-9-22(23)24)13-17-31(18-14-28)16-12-27(2,3)4;1-27(2,3)14-18-30-19-15-28(16-20-30)13-12-24(22-9-6-7-10-23(22)28)29-25(32)21-31-17-8-4-5-11-26(31)33;1-4-18(5-2)16-24-14-12-22(13-15-24)11-10-21(23-17(3)25)19-8-6-7-9-20(19)22;;;/h8-9,19,24-25H,5-7,10-18H2,1-4H3,(H,30,34);6-7,9-10,24H,4-5,8,11-21H2,1-3H3,(H,29,32);6-9,18,21H,4-5,10-16H2,1-3H3,(H,23,25);3*1H/t24-,25+;24-;21-;;;/m100.../s1. The highest BCUT2D eigenvalue weighted by atomic mass is 19.1. The molecule has 0 radical (unpaired) electrons. The lowest BCUT2D eigenvalue weighted by Crippen LogP contribution is -2.53. The predicted molar refractivity (Wildman–Crippen MR) is 376 cm³/mol. The molecule has 3 aromatic carbocycles. The minimum absolute atomic E-state index is 0. The number of hydrogen-bond acceptors (Lipinski definition) is 8.